The summed E-state index contributed by atoms with van der Waals surface area (Å²) in [4.78, 5) is 32.9. The molecule has 1 aromatic heterocycles. The van der Waals surface area contributed by atoms with Gasteiger partial charge in [-0.3, -0.25) is 4.79 Å². The van der Waals surface area contributed by atoms with Crippen LogP contribution >= 0.6 is 0 Å². The van der Waals surface area contributed by atoms with E-state index in [1.807, 2.05) is 4.90 Å². The van der Waals surface area contributed by atoms with E-state index in [4.69, 9.17) is 9.47 Å². The predicted molar refractivity (Wildman–Crippen MR) is 149 cm³/mol. The summed E-state index contributed by atoms with van der Waals surface area (Å²) in [6.45, 7) is 3.13. The van der Waals surface area contributed by atoms with Crippen molar-refractivity contribution >= 4 is 11.9 Å². The normalized spacial score (nSPS) is 24.4. The molecule has 1 amide bonds. The lowest BCUT2D eigenvalue weighted by Crippen LogP contribution is -2.53. The van der Waals surface area contributed by atoms with Crippen molar-refractivity contribution in [2.45, 2.75) is 63.3 Å². The maximum absolute atomic E-state index is 15.2. The molecular formula is C31H37F4N3O5. The van der Waals surface area contributed by atoms with Gasteiger partial charge in [-0.2, -0.15) is 13.2 Å². The highest BCUT2D eigenvalue weighted by Crippen LogP contribution is 2.53. The van der Waals surface area contributed by atoms with Crippen LogP contribution in [0.5, 0.6) is 5.88 Å². The summed E-state index contributed by atoms with van der Waals surface area (Å²) in [7, 11) is 1.21. The molecule has 3 aliphatic rings. The SMILES string of the molecule is COC(=O)[C@]1(C)C[C@@H](O)CN1C(=O)c1ccc(-c2ccc(OCC3CCN(CC4(C(F)(F)F)CCC4)CC3)nc2)c(F)c1. The Hall–Kier alpha value is -3.25. The van der Waals surface area contributed by atoms with E-state index < -0.39 is 40.9 Å². The van der Waals surface area contributed by atoms with Crippen LogP contribution in [-0.4, -0.2) is 89.5 Å². The van der Waals surface area contributed by atoms with E-state index in [0.29, 0.717) is 37.6 Å². The molecule has 43 heavy (non-hydrogen) atoms. The van der Waals surface area contributed by atoms with Crippen LogP contribution in [-0.2, 0) is 9.53 Å². The molecule has 1 aliphatic carbocycles. The molecule has 2 aromatic rings. The Labute approximate surface area is 248 Å². The Balaban J connectivity index is 1.15. The lowest BCUT2D eigenvalue weighted by molar-refractivity contribution is -0.256. The Morgan fingerprint density at radius 1 is 1.14 bits per heavy atom. The first-order valence-electron chi connectivity index (χ1n) is 14.6. The third-order valence-electron chi connectivity index (χ3n) is 9.37. The molecule has 3 heterocycles. The van der Waals surface area contributed by atoms with Crippen molar-refractivity contribution in [1.29, 1.82) is 0 Å². The van der Waals surface area contributed by atoms with E-state index in [1.54, 1.807) is 12.1 Å². The topological polar surface area (TPSA) is 92.2 Å². The number of esters is 1. The number of carbonyl (C=O) groups is 2. The van der Waals surface area contributed by atoms with Crippen LogP contribution in [0, 0.1) is 17.2 Å². The zero-order valence-electron chi connectivity index (χ0n) is 24.3. The number of hydrogen-bond donors (Lipinski definition) is 1. The highest BCUT2D eigenvalue weighted by atomic mass is 19.4. The van der Waals surface area contributed by atoms with Crippen molar-refractivity contribution in [3.63, 3.8) is 0 Å². The van der Waals surface area contributed by atoms with Crippen molar-refractivity contribution in [3.05, 3.63) is 47.9 Å². The molecule has 1 N–H and O–H groups in total. The fourth-order valence-corrected chi connectivity index (χ4v) is 6.51. The summed E-state index contributed by atoms with van der Waals surface area (Å²) in [6, 6.07) is 7.30. The first-order chi connectivity index (χ1) is 20.3. The zero-order chi connectivity index (χ0) is 31.0. The van der Waals surface area contributed by atoms with Gasteiger partial charge in [0.05, 0.1) is 25.2 Å². The number of aromatic nitrogens is 1. The summed E-state index contributed by atoms with van der Waals surface area (Å²) in [6.07, 6.45) is -1.01. The average Bonchev–Trinajstić information content (AvgIpc) is 3.28. The first-order valence-corrected chi connectivity index (χ1v) is 14.6. The van der Waals surface area contributed by atoms with Gasteiger partial charge < -0.3 is 24.4 Å². The molecule has 0 radical (unpaired) electrons. The van der Waals surface area contributed by atoms with Gasteiger partial charge in [0, 0.05) is 48.5 Å². The number of piperidine rings is 1. The maximum atomic E-state index is 15.2. The molecule has 2 saturated heterocycles. The minimum absolute atomic E-state index is 0.0217. The highest BCUT2D eigenvalue weighted by Gasteiger charge is 2.58. The van der Waals surface area contributed by atoms with E-state index in [0.717, 1.165) is 18.9 Å². The van der Waals surface area contributed by atoms with Crippen molar-refractivity contribution in [2.24, 2.45) is 11.3 Å². The second-order valence-electron chi connectivity index (χ2n) is 12.3. The number of alkyl halides is 3. The van der Waals surface area contributed by atoms with Crippen LogP contribution in [0.15, 0.2) is 36.5 Å². The molecule has 2 aliphatic heterocycles. The van der Waals surface area contributed by atoms with E-state index in [-0.39, 0.29) is 49.4 Å². The maximum Gasteiger partial charge on any atom is 0.395 e. The number of β-amino-alcohol motifs (C(OH)–C–C–N with tert-alkyl or cyclic N) is 1. The van der Waals surface area contributed by atoms with Crippen LogP contribution in [0.4, 0.5) is 17.6 Å². The quantitative estimate of drug-likeness (QED) is 0.339. The van der Waals surface area contributed by atoms with Crippen LogP contribution in [0.3, 0.4) is 0 Å². The summed E-state index contributed by atoms with van der Waals surface area (Å²) < 4.78 is 66.4. The van der Waals surface area contributed by atoms with Gasteiger partial charge in [-0.15, -0.1) is 0 Å². The molecule has 12 heteroatoms. The largest absolute Gasteiger partial charge is 0.477 e. The average molecular weight is 608 g/mol. The summed E-state index contributed by atoms with van der Waals surface area (Å²) >= 11 is 0. The Kier molecular flexibility index (Phi) is 8.72. The van der Waals surface area contributed by atoms with Crippen molar-refractivity contribution in [2.75, 3.05) is 39.9 Å². The fourth-order valence-electron chi connectivity index (χ4n) is 6.51. The molecular weight excluding hydrogens is 570 g/mol. The molecule has 0 spiro atoms. The van der Waals surface area contributed by atoms with E-state index in [1.165, 1.54) is 37.3 Å². The number of aliphatic hydroxyl groups is 1. The van der Waals surface area contributed by atoms with Gasteiger partial charge in [0.1, 0.15) is 11.4 Å². The number of carbonyl (C=O) groups excluding carboxylic acids is 2. The van der Waals surface area contributed by atoms with Crippen molar-refractivity contribution in [3.8, 4) is 17.0 Å². The van der Waals surface area contributed by atoms with Gasteiger partial charge in [-0.1, -0.05) is 12.5 Å². The van der Waals surface area contributed by atoms with E-state index in [9.17, 15) is 27.9 Å². The van der Waals surface area contributed by atoms with Crippen LogP contribution < -0.4 is 4.74 Å². The van der Waals surface area contributed by atoms with Gasteiger partial charge in [0.15, 0.2) is 0 Å². The minimum Gasteiger partial charge on any atom is -0.477 e. The molecule has 1 saturated carbocycles. The molecule has 2 atom stereocenters. The molecule has 234 valence electrons. The number of likely N-dealkylation sites (tertiary alicyclic amines) is 2. The Morgan fingerprint density at radius 2 is 1.86 bits per heavy atom. The predicted octanol–water partition coefficient (Wildman–Crippen LogP) is 4.85. The van der Waals surface area contributed by atoms with Crippen LogP contribution in [0.2, 0.25) is 0 Å². The van der Waals surface area contributed by atoms with Gasteiger partial charge >= 0.3 is 12.1 Å². The van der Waals surface area contributed by atoms with Gasteiger partial charge in [0.2, 0.25) is 5.88 Å². The number of nitrogens with zero attached hydrogens (tertiary/aromatic N) is 3. The molecule has 0 unspecified atom stereocenters. The number of methoxy groups -OCH3 is 1. The number of hydrogen-bond acceptors (Lipinski definition) is 7. The van der Waals surface area contributed by atoms with Crippen molar-refractivity contribution < 1.29 is 41.7 Å². The lowest BCUT2D eigenvalue weighted by atomic mass is 9.67. The zero-order valence-corrected chi connectivity index (χ0v) is 24.3. The fraction of sp³-hybridized carbons (Fsp3) is 0.581. The highest BCUT2D eigenvalue weighted by molar-refractivity contribution is 5.99. The van der Waals surface area contributed by atoms with Gasteiger partial charge in [-0.05, 0) is 69.8 Å². The number of pyridine rings is 1. The molecule has 0 bridgehead atoms. The number of halogens is 4. The Bertz CT molecular complexity index is 1330. The number of rotatable bonds is 8. The van der Waals surface area contributed by atoms with Crippen LogP contribution in [0.25, 0.3) is 11.1 Å². The molecule has 1 aromatic carbocycles. The van der Waals surface area contributed by atoms with Gasteiger partial charge in [0.25, 0.3) is 5.91 Å². The molecule has 3 fully saturated rings. The minimum atomic E-state index is -4.16. The third kappa shape index (κ3) is 6.22. The van der Waals surface area contributed by atoms with Crippen LogP contribution in [0.1, 0.15) is 55.8 Å². The third-order valence-corrected chi connectivity index (χ3v) is 9.37. The number of amides is 1. The molecule has 8 nitrogen and oxygen atoms in total. The summed E-state index contributed by atoms with van der Waals surface area (Å²) in [5.74, 6) is -1.33. The second-order valence-corrected chi connectivity index (χ2v) is 12.3. The lowest BCUT2D eigenvalue weighted by Gasteiger charge is -2.47. The Morgan fingerprint density at radius 3 is 2.42 bits per heavy atom. The van der Waals surface area contributed by atoms with Crippen molar-refractivity contribution in [1.82, 2.24) is 14.8 Å². The van der Waals surface area contributed by atoms with E-state index >= 15 is 4.39 Å². The summed E-state index contributed by atoms with van der Waals surface area (Å²) in [5, 5.41) is 10.1. The number of benzene rings is 1. The number of aliphatic hydroxyl groups excluding tert-OH is 1. The smallest absolute Gasteiger partial charge is 0.395 e. The summed E-state index contributed by atoms with van der Waals surface area (Å²) in [5.41, 5.74) is -2.17. The first kappa shape index (κ1) is 31.2. The van der Waals surface area contributed by atoms with Gasteiger partial charge in [-0.25, -0.2) is 14.2 Å². The number of ether oxygens (including phenoxy) is 2. The second kappa shape index (κ2) is 12.0. The monoisotopic (exact) mass is 607 g/mol. The molecule has 5 rings (SSSR count). The van der Waals surface area contributed by atoms with E-state index in [2.05, 4.69) is 4.98 Å². The standard InChI is InChI=1S/C31H37F4N3O5/c1-29(28(41)42-2)15-23(39)17-38(29)27(40)21-4-6-24(25(32)14-21)22-5-7-26(36-16-22)43-18-20-8-12-37(13-9-20)19-30(10-3-11-30)31(33,34)35/h4-7,14,16,20,23,39H,3,8-13,15,17-19H2,1-2H3/t23-,29+/m1/s1.